The topological polar surface area (TPSA) is 68.2 Å². The predicted molar refractivity (Wildman–Crippen MR) is 124 cm³/mol. The number of para-hydroxylation sites is 1. The highest BCUT2D eigenvalue weighted by Gasteiger charge is 2.22. The van der Waals surface area contributed by atoms with E-state index in [0.29, 0.717) is 21.5 Å². The molecule has 0 atom stereocenters. The van der Waals surface area contributed by atoms with Crippen molar-refractivity contribution < 1.29 is 17.6 Å². The number of sulfone groups is 1. The second kappa shape index (κ2) is 8.94. The number of carbonyl (C=O) groups is 1. The summed E-state index contributed by atoms with van der Waals surface area (Å²) < 4.78 is 41.9. The lowest BCUT2D eigenvalue weighted by atomic mass is 10.2. The van der Waals surface area contributed by atoms with Gasteiger partial charge in [-0.05, 0) is 42.0 Å². The number of halogens is 3. The number of anilines is 1. The van der Waals surface area contributed by atoms with Crippen LogP contribution in [0.3, 0.4) is 0 Å². The SMILES string of the molecule is O=C(Cn1cc(S(=O)(=O)Cc2ccc(Cl)cc2)c2ccccc21)Nc1ccc(Cl)cc1F. The lowest BCUT2D eigenvalue weighted by molar-refractivity contribution is -0.116. The Balaban J connectivity index is 1.63. The number of hydrogen-bond donors (Lipinski definition) is 1. The zero-order valence-corrected chi connectivity index (χ0v) is 18.9. The maximum absolute atomic E-state index is 14.0. The van der Waals surface area contributed by atoms with Crippen molar-refractivity contribution in [3.63, 3.8) is 0 Å². The zero-order chi connectivity index (χ0) is 22.9. The number of fused-ring (bicyclic) bond motifs is 1. The van der Waals surface area contributed by atoms with Crippen LogP contribution in [-0.2, 0) is 26.9 Å². The fraction of sp³-hybridized carbons (Fsp3) is 0.0870. The molecule has 0 spiro atoms. The molecule has 164 valence electrons. The lowest BCUT2D eigenvalue weighted by Crippen LogP contribution is -2.19. The number of carbonyl (C=O) groups excluding carboxylic acids is 1. The molecule has 0 saturated carbocycles. The highest BCUT2D eigenvalue weighted by molar-refractivity contribution is 7.90. The van der Waals surface area contributed by atoms with Crippen molar-refractivity contribution >= 4 is 55.5 Å². The van der Waals surface area contributed by atoms with Gasteiger partial charge in [0.2, 0.25) is 5.91 Å². The molecule has 0 aliphatic heterocycles. The second-order valence-corrected chi connectivity index (χ2v) is 10.0. The normalized spacial score (nSPS) is 11.6. The summed E-state index contributed by atoms with van der Waals surface area (Å²) in [5.41, 5.74) is 1.17. The smallest absolute Gasteiger partial charge is 0.244 e. The average molecular weight is 491 g/mol. The van der Waals surface area contributed by atoms with Crippen LogP contribution in [0.1, 0.15) is 5.56 Å². The minimum absolute atomic E-state index is 0.00792. The molecule has 32 heavy (non-hydrogen) atoms. The summed E-state index contributed by atoms with van der Waals surface area (Å²) in [5.74, 6) is -1.37. The molecule has 0 aliphatic rings. The van der Waals surface area contributed by atoms with Crippen LogP contribution in [0, 0.1) is 5.82 Å². The molecular formula is C23H17Cl2FN2O3S. The summed E-state index contributed by atoms with van der Waals surface area (Å²) in [4.78, 5) is 12.7. The van der Waals surface area contributed by atoms with Gasteiger partial charge in [0.1, 0.15) is 12.4 Å². The van der Waals surface area contributed by atoms with Crippen LogP contribution in [0.4, 0.5) is 10.1 Å². The number of amides is 1. The summed E-state index contributed by atoms with van der Waals surface area (Å²) in [6, 6.07) is 17.4. The third-order valence-corrected chi connectivity index (χ3v) is 7.07. The van der Waals surface area contributed by atoms with Gasteiger partial charge in [-0.15, -0.1) is 0 Å². The van der Waals surface area contributed by atoms with Crippen molar-refractivity contribution in [2.45, 2.75) is 17.2 Å². The van der Waals surface area contributed by atoms with Gasteiger partial charge in [-0.1, -0.05) is 53.5 Å². The van der Waals surface area contributed by atoms with E-state index in [4.69, 9.17) is 23.2 Å². The Morgan fingerprint density at radius 1 is 0.969 bits per heavy atom. The molecule has 9 heteroatoms. The Kier molecular flexibility index (Phi) is 6.24. The van der Waals surface area contributed by atoms with Crippen molar-refractivity contribution in [1.29, 1.82) is 0 Å². The van der Waals surface area contributed by atoms with Crippen LogP contribution < -0.4 is 5.32 Å². The van der Waals surface area contributed by atoms with Crippen molar-refractivity contribution in [1.82, 2.24) is 4.57 Å². The first-order valence-corrected chi connectivity index (χ1v) is 11.9. The summed E-state index contributed by atoms with van der Waals surface area (Å²) in [6.45, 7) is -0.195. The van der Waals surface area contributed by atoms with Crippen LogP contribution in [0.15, 0.2) is 77.8 Å². The molecule has 1 aromatic heterocycles. The molecule has 5 nitrogen and oxygen atoms in total. The van der Waals surface area contributed by atoms with Crippen LogP contribution >= 0.6 is 23.2 Å². The van der Waals surface area contributed by atoms with E-state index in [1.807, 2.05) is 0 Å². The van der Waals surface area contributed by atoms with Gasteiger partial charge in [0, 0.05) is 27.1 Å². The fourth-order valence-electron chi connectivity index (χ4n) is 3.40. The van der Waals surface area contributed by atoms with E-state index >= 15 is 0 Å². The van der Waals surface area contributed by atoms with E-state index in [-0.39, 0.29) is 27.9 Å². The summed E-state index contributed by atoms with van der Waals surface area (Å²) in [6.07, 6.45) is 1.44. The summed E-state index contributed by atoms with van der Waals surface area (Å²) in [5, 5.41) is 3.73. The maximum atomic E-state index is 14.0. The van der Waals surface area contributed by atoms with E-state index in [2.05, 4.69) is 5.32 Å². The van der Waals surface area contributed by atoms with Crippen LogP contribution in [0.25, 0.3) is 10.9 Å². The molecule has 4 rings (SSSR count). The first-order chi connectivity index (χ1) is 15.2. The Labute approximate surface area is 194 Å². The quantitative estimate of drug-likeness (QED) is 0.376. The van der Waals surface area contributed by atoms with Gasteiger partial charge >= 0.3 is 0 Å². The van der Waals surface area contributed by atoms with Crippen LogP contribution in [0.5, 0.6) is 0 Å². The molecule has 3 aromatic carbocycles. The van der Waals surface area contributed by atoms with E-state index in [9.17, 15) is 17.6 Å². The molecule has 1 heterocycles. The maximum Gasteiger partial charge on any atom is 0.244 e. The number of nitrogens with one attached hydrogen (secondary N) is 1. The van der Waals surface area contributed by atoms with Crippen LogP contribution in [-0.4, -0.2) is 18.9 Å². The Morgan fingerprint density at radius 2 is 1.66 bits per heavy atom. The van der Waals surface area contributed by atoms with Gasteiger partial charge in [-0.3, -0.25) is 4.79 Å². The summed E-state index contributed by atoms with van der Waals surface area (Å²) >= 11 is 11.6. The highest BCUT2D eigenvalue weighted by atomic mass is 35.5. The molecule has 0 radical (unpaired) electrons. The monoisotopic (exact) mass is 490 g/mol. The van der Waals surface area contributed by atoms with Crippen molar-refractivity contribution in [3.05, 3.63) is 94.4 Å². The van der Waals surface area contributed by atoms with E-state index < -0.39 is 21.6 Å². The number of aromatic nitrogens is 1. The number of nitrogens with zero attached hydrogens (tertiary/aromatic N) is 1. The molecule has 0 saturated heterocycles. The van der Waals surface area contributed by atoms with Crippen molar-refractivity contribution in [2.75, 3.05) is 5.32 Å². The number of hydrogen-bond acceptors (Lipinski definition) is 3. The molecule has 0 fully saturated rings. The van der Waals surface area contributed by atoms with Gasteiger partial charge in [0.25, 0.3) is 0 Å². The van der Waals surface area contributed by atoms with E-state index in [1.165, 1.54) is 22.9 Å². The molecule has 0 aliphatic carbocycles. The fourth-order valence-corrected chi connectivity index (χ4v) is 5.27. The van der Waals surface area contributed by atoms with E-state index in [0.717, 1.165) is 6.07 Å². The lowest BCUT2D eigenvalue weighted by Gasteiger charge is -2.08. The second-order valence-electron chi connectivity index (χ2n) is 7.20. The molecule has 4 aromatic rings. The van der Waals surface area contributed by atoms with Crippen molar-refractivity contribution in [2.24, 2.45) is 0 Å². The first kappa shape index (κ1) is 22.3. The third kappa shape index (κ3) is 4.80. The Hall–Kier alpha value is -2.87. The van der Waals surface area contributed by atoms with Gasteiger partial charge in [0.05, 0.1) is 16.3 Å². The molecule has 0 unspecified atom stereocenters. The minimum Gasteiger partial charge on any atom is -0.337 e. The van der Waals surface area contributed by atoms with Crippen molar-refractivity contribution in [3.8, 4) is 0 Å². The Bertz CT molecular complexity index is 1420. The van der Waals surface area contributed by atoms with E-state index in [1.54, 1.807) is 48.5 Å². The zero-order valence-electron chi connectivity index (χ0n) is 16.6. The largest absolute Gasteiger partial charge is 0.337 e. The first-order valence-electron chi connectivity index (χ1n) is 9.53. The van der Waals surface area contributed by atoms with Gasteiger partial charge in [0.15, 0.2) is 9.84 Å². The Morgan fingerprint density at radius 3 is 2.38 bits per heavy atom. The third-order valence-electron chi connectivity index (χ3n) is 4.88. The molecule has 1 amide bonds. The average Bonchev–Trinajstić information content (AvgIpc) is 3.11. The molecule has 0 bridgehead atoms. The highest BCUT2D eigenvalue weighted by Crippen LogP contribution is 2.28. The molecular weight excluding hydrogens is 474 g/mol. The molecule has 1 N–H and O–H groups in total. The predicted octanol–water partition coefficient (Wildman–Crippen LogP) is 5.70. The van der Waals surface area contributed by atoms with Crippen LogP contribution in [0.2, 0.25) is 10.0 Å². The number of rotatable bonds is 6. The van der Waals surface area contributed by atoms with Gasteiger partial charge in [-0.2, -0.15) is 0 Å². The van der Waals surface area contributed by atoms with Gasteiger partial charge in [-0.25, -0.2) is 12.8 Å². The minimum atomic E-state index is -3.71. The summed E-state index contributed by atoms with van der Waals surface area (Å²) in [7, 11) is -3.71. The standard InChI is InChI=1S/C23H17Cl2FN2O3S/c24-16-7-5-15(6-8-16)14-32(30,31)22-12-28(21-4-2-1-3-18(21)22)13-23(29)27-20-10-9-17(25)11-19(20)26/h1-12H,13-14H2,(H,27,29). The number of benzene rings is 3. The van der Waals surface area contributed by atoms with Gasteiger partial charge < -0.3 is 9.88 Å².